The second kappa shape index (κ2) is 7.99. The minimum atomic E-state index is -3.72. The van der Waals surface area contributed by atoms with E-state index in [1.165, 1.54) is 23.5 Å². The van der Waals surface area contributed by atoms with Crippen LogP contribution in [0.4, 0.5) is 5.13 Å². The first-order chi connectivity index (χ1) is 13.9. The van der Waals surface area contributed by atoms with Crippen molar-refractivity contribution in [3.05, 3.63) is 88.8 Å². The van der Waals surface area contributed by atoms with Crippen LogP contribution in [0.3, 0.4) is 0 Å². The third-order valence-corrected chi connectivity index (χ3v) is 7.03. The summed E-state index contributed by atoms with van der Waals surface area (Å²) in [4.78, 5) is 5.59. The highest BCUT2D eigenvalue weighted by Crippen LogP contribution is 2.33. The summed E-state index contributed by atoms with van der Waals surface area (Å²) >= 11 is 7.15. The van der Waals surface area contributed by atoms with Crippen LogP contribution < -0.4 is 4.72 Å². The molecule has 4 aromatic rings. The third-order valence-electron chi connectivity index (χ3n) is 4.41. The molecule has 0 fully saturated rings. The van der Waals surface area contributed by atoms with Crippen molar-refractivity contribution in [1.29, 1.82) is 0 Å². The summed E-state index contributed by atoms with van der Waals surface area (Å²) in [6.07, 6.45) is 0. The molecule has 0 aliphatic heterocycles. The Hall–Kier alpha value is -2.67. The number of rotatable bonds is 5. The average Bonchev–Trinajstić information content (AvgIpc) is 3.08. The molecule has 0 aliphatic rings. The van der Waals surface area contributed by atoms with E-state index in [1.807, 2.05) is 49.4 Å². The Labute approximate surface area is 178 Å². The Morgan fingerprint density at radius 1 is 0.828 bits per heavy atom. The van der Waals surface area contributed by atoms with Gasteiger partial charge in [-0.3, -0.25) is 4.72 Å². The summed E-state index contributed by atoms with van der Waals surface area (Å²) in [6.45, 7) is 1.93. The van der Waals surface area contributed by atoms with Gasteiger partial charge in [-0.1, -0.05) is 66.2 Å². The number of aromatic nitrogens is 1. The van der Waals surface area contributed by atoms with E-state index in [1.54, 1.807) is 12.1 Å². The Bertz CT molecular complexity index is 1230. The molecular formula is C22H17ClN2O2S2. The largest absolute Gasteiger partial charge is 0.263 e. The minimum Gasteiger partial charge on any atom is -0.255 e. The summed E-state index contributed by atoms with van der Waals surface area (Å²) in [7, 11) is -3.72. The first kappa shape index (κ1) is 19.6. The Morgan fingerprint density at radius 3 is 2.07 bits per heavy atom. The number of aryl methyl sites for hydroxylation is 1. The van der Waals surface area contributed by atoms with Gasteiger partial charge in [0.2, 0.25) is 0 Å². The molecule has 0 saturated carbocycles. The predicted octanol–water partition coefficient (Wildman–Crippen LogP) is 6.24. The second-order valence-electron chi connectivity index (χ2n) is 6.43. The molecule has 1 heterocycles. The highest BCUT2D eigenvalue weighted by Gasteiger charge is 2.18. The van der Waals surface area contributed by atoms with Gasteiger partial charge in [0.05, 0.1) is 10.6 Å². The molecule has 1 N–H and O–H groups in total. The summed E-state index contributed by atoms with van der Waals surface area (Å²) in [5, 5.41) is 0.815. The first-order valence-corrected chi connectivity index (χ1v) is 11.5. The van der Waals surface area contributed by atoms with E-state index < -0.39 is 10.0 Å². The smallest absolute Gasteiger partial charge is 0.255 e. The average molecular weight is 441 g/mol. The van der Waals surface area contributed by atoms with Crippen molar-refractivity contribution in [2.24, 2.45) is 0 Å². The number of nitrogens with zero attached hydrogens (tertiary/aromatic N) is 1. The summed E-state index contributed by atoms with van der Waals surface area (Å²) in [6, 6.07) is 24.2. The summed E-state index contributed by atoms with van der Waals surface area (Å²) < 4.78 is 27.7. The highest BCUT2D eigenvalue weighted by molar-refractivity contribution is 7.93. The van der Waals surface area contributed by atoms with Crippen molar-refractivity contribution in [3.63, 3.8) is 0 Å². The molecule has 4 nitrogen and oxygen atoms in total. The van der Waals surface area contributed by atoms with Crippen LogP contribution in [0.1, 0.15) is 4.88 Å². The fourth-order valence-corrected chi connectivity index (χ4v) is 5.14. The topological polar surface area (TPSA) is 59.1 Å². The number of thiazole rings is 1. The summed E-state index contributed by atoms with van der Waals surface area (Å²) in [5.41, 5.74) is 3.97. The Balaban J connectivity index is 1.59. The lowest BCUT2D eigenvalue weighted by Gasteiger charge is -2.05. The molecular weight excluding hydrogens is 424 g/mol. The number of sulfonamides is 1. The van der Waals surface area contributed by atoms with Gasteiger partial charge in [0, 0.05) is 15.5 Å². The minimum absolute atomic E-state index is 0.142. The number of hydrogen-bond acceptors (Lipinski definition) is 4. The van der Waals surface area contributed by atoms with Gasteiger partial charge in [-0.2, -0.15) is 0 Å². The van der Waals surface area contributed by atoms with E-state index in [2.05, 4.69) is 21.8 Å². The molecule has 0 spiro atoms. The lowest BCUT2D eigenvalue weighted by molar-refractivity contribution is 0.601. The highest BCUT2D eigenvalue weighted by atomic mass is 35.5. The van der Waals surface area contributed by atoms with Crippen LogP contribution in [0, 0.1) is 6.92 Å². The second-order valence-corrected chi connectivity index (χ2v) is 9.75. The van der Waals surface area contributed by atoms with Crippen molar-refractivity contribution in [2.75, 3.05) is 4.72 Å². The van der Waals surface area contributed by atoms with Gasteiger partial charge in [0.25, 0.3) is 10.0 Å². The molecule has 146 valence electrons. The van der Waals surface area contributed by atoms with Gasteiger partial charge in [-0.05, 0) is 42.3 Å². The molecule has 0 bridgehead atoms. The molecule has 0 amide bonds. The zero-order chi connectivity index (χ0) is 20.4. The number of benzene rings is 3. The molecule has 1 aromatic heterocycles. The van der Waals surface area contributed by atoms with Gasteiger partial charge >= 0.3 is 0 Å². The zero-order valence-electron chi connectivity index (χ0n) is 15.5. The fraction of sp³-hybridized carbons (Fsp3) is 0.0455. The SMILES string of the molecule is Cc1sc(NS(=O)(=O)c2ccc(Cl)cc2)nc1-c1ccc(-c2ccccc2)cc1. The van der Waals surface area contributed by atoms with Crippen LogP contribution >= 0.6 is 22.9 Å². The van der Waals surface area contributed by atoms with Gasteiger partial charge in [-0.15, -0.1) is 11.3 Å². The van der Waals surface area contributed by atoms with Crippen LogP contribution in [0.2, 0.25) is 5.02 Å². The molecule has 0 atom stereocenters. The Morgan fingerprint density at radius 2 is 1.41 bits per heavy atom. The maximum atomic E-state index is 12.6. The standard InChI is InChI=1S/C22H17ClN2O2S2/c1-15-21(18-9-7-17(8-10-18)16-5-3-2-4-6-16)24-22(28-15)25-29(26,27)20-13-11-19(23)12-14-20/h2-14H,1H3,(H,24,25). The van der Waals surface area contributed by atoms with Crippen LogP contribution in [0.15, 0.2) is 83.8 Å². The molecule has 3 aromatic carbocycles. The van der Waals surface area contributed by atoms with E-state index in [4.69, 9.17) is 11.6 Å². The Kier molecular flexibility index (Phi) is 5.41. The van der Waals surface area contributed by atoms with Crippen LogP contribution in [-0.4, -0.2) is 13.4 Å². The van der Waals surface area contributed by atoms with Crippen molar-refractivity contribution in [1.82, 2.24) is 4.98 Å². The summed E-state index contributed by atoms with van der Waals surface area (Å²) in [5.74, 6) is 0. The van der Waals surface area contributed by atoms with E-state index in [0.717, 1.165) is 27.3 Å². The van der Waals surface area contributed by atoms with E-state index >= 15 is 0 Å². The van der Waals surface area contributed by atoms with Crippen LogP contribution in [0.5, 0.6) is 0 Å². The normalized spacial score (nSPS) is 11.4. The van der Waals surface area contributed by atoms with Crippen LogP contribution in [-0.2, 0) is 10.0 Å². The number of anilines is 1. The van der Waals surface area contributed by atoms with Crippen molar-refractivity contribution < 1.29 is 8.42 Å². The van der Waals surface area contributed by atoms with Crippen LogP contribution in [0.25, 0.3) is 22.4 Å². The maximum Gasteiger partial charge on any atom is 0.263 e. The molecule has 7 heteroatoms. The van der Waals surface area contributed by atoms with Gasteiger partial charge in [0.15, 0.2) is 5.13 Å². The molecule has 0 unspecified atom stereocenters. The molecule has 29 heavy (non-hydrogen) atoms. The first-order valence-electron chi connectivity index (χ1n) is 8.84. The lowest BCUT2D eigenvalue weighted by Crippen LogP contribution is -2.12. The molecule has 0 saturated heterocycles. The van der Waals surface area contributed by atoms with E-state index in [0.29, 0.717) is 10.2 Å². The zero-order valence-corrected chi connectivity index (χ0v) is 17.9. The molecule has 4 rings (SSSR count). The molecule has 0 radical (unpaired) electrons. The number of halogens is 1. The van der Waals surface area contributed by atoms with E-state index in [9.17, 15) is 8.42 Å². The quantitative estimate of drug-likeness (QED) is 0.399. The molecule has 0 aliphatic carbocycles. The monoisotopic (exact) mass is 440 g/mol. The van der Waals surface area contributed by atoms with Crippen molar-refractivity contribution >= 4 is 38.1 Å². The van der Waals surface area contributed by atoms with Gasteiger partial charge in [0.1, 0.15) is 0 Å². The van der Waals surface area contributed by atoms with E-state index in [-0.39, 0.29) is 4.90 Å². The third kappa shape index (κ3) is 4.34. The van der Waals surface area contributed by atoms with Crippen molar-refractivity contribution in [2.45, 2.75) is 11.8 Å². The van der Waals surface area contributed by atoms with Crippen molar-refractivity contribution in [3.8, 4) is 22.4 Å². The number of nitrogens with one attached hydrogen (secondary N) is 1. The maximum absolute atomic E-state index is 12.6. The number of hydrogen-bond donors (Lipinski definition) is 1. The van der Waals surface area contributed by atoms with Gasteiger partial charge < -0.3 is 0 Å². The predicted molar refractivity (Wildman–Crippen MR) is 120 cm³/mol. The fourth-order valence-electron chi connectivity index (χ4n) is 2.95. The van der Waals surface area contributed by atoms with Gasteiger partial charge in [-0.25, -0.2) is 13.4 Å². The lowest BCUT2D eigenvalue weighted by atomic mass is 10.0.